The molecule has 0 radical (unpaired) electrons. The van der Waals surface area contributed by atoms with Crippen LogP contribution in [0.15, 0.2) is 53.4 Å². The molecule has 0 atom stereocenters. The summed E-state index contributed by atoms with van der Waals surface area (Å²) in [6, 6.07) is 14.1. The lowest BCUT2D eigenvalue weighted by Crippen LogP contribution is -2.27. The number of rotatable bonds is 4. The molecule has 1 aliphatic rings. The summed E-state index contributed by atoms with van der Waals surface area (Å²) in [6.45, 7) is 0. The molecule has 2 aromatic rings. The molecule has 2 amide bonds. The van der Waals surface area contributed by atoms with Gasteiger partial charge in [0.15, 0.2) is 0 Å². The van der Waals surface area contributed by atoms with E-state index in [-0.39, 0.29) is 11.1 Å². The molecule has 2 aromatic carbocycles. The number of benzene rings is 2. The molecular weight excluding hydrogens is 326 g/mol. The molecule has 1 fully saturated rings. The zero-order valence-corrected chi connectivity index (χ0v) is 14.0. The van der Waals surface area contributed by atoms with Gasteiger partial charge in [0.2, 0.25) is 0 Å². The van der Waals surface area contributed by atoms with Crippen LogP contribution in [0.25, 0.3) is 6.08 Å². The Morgan fingerprint density at radius 2 is 1.75 bits per heavy atom. The fourth-order valence-electron chi connectivity index (χ4n) is 2.36. The van der Waals surface area contributed by atoms with Gasteiger partial charge in [-0.25, -0.2) is 4.90 Å². The summed E-state index contributed by atoms with van der Waals surface area (Å²) < 4.78 is 10.5. The average molecular weight is 341 g/mol. The lowest BCUT2D eigenvalue weighted by molar-refractivity contribution is -0.113. The van der Waals surface area contributed by atoms with Crippen LogP contribution >= 0.6 is 11.8 Å². The number of thioether (sulfide) groups is 1. The van der Waals surface area contributed by atoms with E-state index in [0.717, 1.165) is 11.8 Å². The minimum absolute atomic E-state index is 0.320. The number of hydrogen-bond donors (Lipinski definition) is 0. The van der Waals surface area contributed by atoms with Gasteiger partial charge in [0.1, 0.15) is 11.5 Å². The molecule has 0 aliphatic carbocycles. The quantitative estimate of drug-likeness (QED) is 0.788. The zero-order valence-electron chi connectivity index (χ0n) is 13.2. The van der Waals surface area contributed by atoms with E-state index in [9.17, 15) is 9.59 Å². The Balaban J connectivity index is 1.98. The van der Waals surface area contributed by atoms with E-state index in [1.165, 1.54) is 4.90 Å². The third-order valence-corrected chi connectivity index (χ3v) is 4.40. The van der Waals surface area contributed by atoms with Crippen LogP contribution in [0.4, 0.5) is 10.5 Å². The highest BCUT2D eigenvalue weighted by Gasteiger charge is 2.36. The van der Waals surface area contributed by atoms with Crippen LogP contribution in [-0.4, -0.2) is 25.4 Å². The van der Waals surface area contributed by atoms with E-state index in [1.807, 2.05) is 6.07 Å². The molecule has 0 spiro atoms. The predicted molar refractivity (Wildman–Crippen MR) is 94.4 cm³/mol. The van der Waals surface area contributed by atoms with Gasteiger partial charge < -0.3 is 9.47 Å². The molecule has 122 valence electrons. The SMILES string of the molecule is COc1ccc(OC)c(C=C2SC(=O)N(c3ccccc3)C2=O)c1. The normalized spacial score (nSPS) is 15.9. The number of amides is 2. The predicted octanol–water partition coefficient (Wildman–Crippen LogP) is 3.94. The summed E-state index contributed by atoms with van der Waals surface area (Å²) in [7, 11) is 3.11. The lowest BCUT2D eigenvalue weighted by atomic mass is 10.1. The number of para-hydroxylation sites is 1. The topological polar surface area (TPSA) is 55.8 Å². The lowest BCUT2D eigenvalue weighted by Gasteiger charge is -2.11. The minimum Gasteiger partial charge on any atom is -0.497 e. The van der Waals surface area contributed by atoms with Crippen LogP contribution in [0.3, 0.4) is 0 Å². The Kier molecular flexibility index (Phi) is 4.57. The maximum Gasteiger partial charge on any atom is 0.298 e. The first-order chi connectivity index (χ1) is 11.6. The number of hydrogen-bond acceptors (Lipinski definition) is 5. The van der Waals surface area contributed by atoms with Gasteiger partial charge in [-0.15, -0.1) is 0 Å². The number of methoxy groups -OCH3 is 2. The number of ether oxygens (including phenoxy) is 2. The summed E-state index contributed by atoms with van der Waals surface area (Å²) in [5.41, 5.74) is 1.23. The minimum atomic E-state index is -0.346. The number of carbonyl (C=O) groups is 2. The van der Waals surface area contributed by atoms with Crippen molar-refractivity contribution in [2.24, 2.45) is 0 Å². The fraction of sp³-hybridized carbons (Fsp3) is 0.111. The molecule has 1 aliphatic heterocycles. The van der Waals surface area contributed by atoms with Crippen LogP contribution < -0.4 is 14.4 Å². The largest absolute Gasteiger partial charge is 0.497 e. The summed E-state index contributed by atoms with van der Waals surface area (Å²) in [4.78, 5) is 26.4. The molecule has 1 saturated heterocycles. The molecule has 0 bridgehead atoms. The first-order valence-corrected chi connectivity index (χ1v) is 8.00. The molecule has 0 aromatic heterocycles. The average Bonchev–Trinajstić information content (AvgIpc) is 2.89. The van der Waals surface area contributed by atoms with Gasteiger partial charge in [0.25, 0.3) is 11.1 Å². The summed E-state index contributed by atoms with van der Waals surface area (Å²) in [5, 5.41) is -0.320. The summed E-state index contributed by atoms with van der Waals surface area (Å²) in [6.07, 6.45) is 1.65. The maximum atomic E-state index is 12.6. The van der Waals surface area contributed by atoms with Crippen molar-refractivity contribution in [3.8, 4) is 11.5 Å². The molecule has 6 heteroatoms. The molecule has 1 heterocycles. The molecule has 3 rings (SSSR count). The Morgan fingerprint density at radius 1 is 1.00 bits per heavy atom. The first-order valence-electron chi connectivity index (χ1n) is 7.19. The van der Waals surface area contributed by atoms with Crippen LogP contribution in [0, 0.1) is 0 Å². The highest BCUT2D eigenvalue weighted by atomic mass is 32.2. The molecule has 0 N–H and O–H groups in total. The standard InChI is InChI=1S/C18H15NO4S/c1-22-14-8-9-15(23-2)12(10-14)11-16-17(20)19(18(21)24-16)13-6-4-3-5-7-13/h3-11H,1-2H3. The van der Waals surface area contributed by atoms with Crippen LogP contribution in [0.5, 0.6) is 11.5 Å². The van der Waals surface area contributed by atoms with E-state index < -0.39 is 0 Å². The highest BCUT2D eigenvalue weighted by molar-refractivity contribution is 8.19. The van der Waals surface area contributed by atoms with Gasteiger partial charge in [-0.05, 0) is 48.2 Å². The highest BCUT2D eigenvalue weighted by Crippen LogP contribution is 2.37. The van der Waals surface area contributed by atoms with Crippen molar-refractivity contribution in [3.63, 3.8) is 0 Å². The van der Waals surface area contributed by atoms with Crippen molar-refractivity contribution >= 4 is 34.7 Å². The van der Waals surface area contributed by atoms with E-state index in [2.05, 4.69) is 0 Å². The third-order valence-electron chi connectivity index (χ3n) is 3.53. The smallest absolute Gasteiger partial charge is 0.298 e. The van der Waals surface area contributed by atoms with Crippen LogP contribution in [0.1, 0.15) is 5.56 Å². The molecule has 5 nitrogen and oxygen atoms in total. The van der Waals surface area contributed by atoms with E-state index in [0.29, 0.717) is 27.7 Å². The van der Waals surface area contributed by atoms with Crippen molar-refractivity contribution in [3.05, 3.63) is 59.0 Å². The summed E-state index contributed by atoms with van der Waals surface area (Å²) >= 11 is 0.906. The fourth-order valence-corrected chi connectivity index (χ4v) is 3.19. The maximum absolute atomic E-state index is 12.6. The van der Waals surface area contributed by atoms with Gasteiger partial charge in [-0.1, -0.05) is 18.2 Å². The molecule has 24 heavy (non-hydrogen) atoms. The Morgan fingerprint density at radius 3 is 2.42 bits per heavy atom. The third kappa shape index (κ3) is 3.00. The van der Waals surface area contributed by atoms with Crippen LogP contribution in [0.2, 0.25) is 0 Å². The molecule has 0 unspecified atom stereocenters. The first kappa shape index (κ1) is 16.1. The number of anilines is 1. The van der Waals surface area contributed by atoms with Crippen LogP contribution in [-0.2, 0) is 4.79 Å². The molecular formula is C18H15NO4S. The van der Waals surface area contributed by atoms with Crippen molar-refractivity contribution in [1.82, 2.24) is 0 Å². The van der Waals surface area contributed by atoms with E-state index in [1.54, 1.807) is 62.8 Å². The second kappa shape index (κ2) is 6.80. The van der Waals surface area contributed by atoms with Crippen molar-refractivity contribution in [2.75, 3.05) is 19.1 Å². The Bertz CT molecular complexity index is 817. The second-order valence-electron chi connectivity index (χ2n) is 4.96. The van der Waals surface area contributed by atoms with Gasteiger partial charge in [-0.2, -0.15) is 0 Å². The summed E-state index contributed by atoms with van der Waals surface area (Å²) in [5.74, 6) is 0.896. The van der Waals surface area contributed by atoms with E-state index in [4.69, 9.17) is 9.47 Å². The molecule has 0 saturated carbocycles. The van der Waals surface area contributed by atoms with Crippen molar-refractivity contribution in [1.29, 1.82) is 0 Å². The number of nitrogens with zero attached hydrogens (tertiary/aromatic N) is 1. The Labute approximate surface area is 143 Å². The number of imide groups is 1. The van der Waals surface area contributed by atoms with Gasteiger partial charge >= 0.3 is 0 Å². The van der Waals surface area contributed by atoms with Gasteiger partial charge in [0, 0.05) is 5.56 Å². The Hall–Kier alpha value is -2.73. The van der Waals surface area contributed by atoms with Gasteiger partial charge in [0.05, 0.1) is 24.8 Å². The van der Waals surface area contributed by atoms with Gasteiger partial charge in [-0.3, -0.25) is 9.59 Å². The van der Waals surface area contributed by atoms with E-state index >= 15 is 0 Å². The van der Waals surface area contributed by atoms with Crippen molar-refractivity contribution < 1.29 is 19.1 Å². The monoisotopic (exact) mass is 341 g/mol. The second-order valence-corrected chi connectivity index (χ2v) is 5.95. The van der Waals surface area contributed by atoms with Crippen molar-refractivity contribution in [2.45, 2.75) is 0 Å². The number of carbonyl (C=O) groups excluding carboxylic acids is 2. The zero-order chi connectivity index (χ0) is 17.1.